The van der Waals surface area contributed by atoms with Crippen LogP contribution in [0.3, 0.4) is 0 Å². The first-order chi connectivity index (χ1) is 6.79. The van der Waals surface area contributed by atoms with Gasteiger partial charge in [0.05, 0.1) is 11.9 Å². The van der Waals surface area contributed by atoms with E-state index in [1.165, 1.54) is 11.1 Å². The van der Waals surface area contributed by atoms with Gasteiger partial charge in [0.2, 0.25) is 0 Å². The predicted octanol–water partition coefficient (Wildman–Crippen LogP) is 2.17. The highest BCUT2D eigenvalue weighted by molar-refractivity contribution is 6.28. The van der Waals surface area contributed by atoms with E-state index in [0.717, 1.165) is 12.8 Å². The van der Waals surface area contributed by atoms with Crippen molar-refractivity contribution < 1.29 is 0 Å². The maximum Gasteiger partial charge on any atom is 0.109 e. The molecule has 1 aromatic carbocycles. The molecule has 2 rings (SSSR count). The van der Waals surface area contributed by atoms with Gasteiger partial charge in [-0.1, -0.05) is 24.3 Å². The Hall–Kier alpha value is -0.730. The number of nitrogens with two attached hydrogens (primary N) is 1. The summed E-state index contributed by atoms with van der Waals surface area (Å²) in [5.41, 5.74) is 8.39. The first kappa shape index (κ1) is 12.3. The van der Waals surface area contributed by atoms with Crippen LogP contribution in [0, 0.1) is 0 Å². The molecule has 0 fully saturated rings. The minimum absolute atomic E-state index is 0. The van der Waals surface area contributed by atoms with Crippen molar-refractivity contribution in [2.45, 2.75) is 18.9 Å². The van der Waals surface area contributed by atoms with Crippen LogP contribution in [0.25, 0.3) is 0 Å². The molecular formula is C11H14Cl2N2. The van der Waals surface area contributed by atoms with Crippen LogP contribution in [-0.4, -0.2) is 17.8 Å². The van der Waals surface area contributed by atoms with E-state index >= 15 is 0 Å². The van der Waals surface area contributed by atoms with Gasteiger partial charge in [0, 0.05) is 0 Å². The Bertz CT molecular complexity index is 338. The highest BCUT2D eigenvalue weighted by atomic mass is 35.5. The Balaban J connectivity index is 0.00000112. The van der Waals surface area contributed by atoms with Gasteiger partial charge in [0.15, 0.2) is 0 Å². The van der Waals surface area contributed by atoms with Crippen LogP contribution in [0.1, 0.15) is 11.1 Å². The van der Waals surface area contributed by atoms with Crippen molar-refractivity contribution in [3.05, 3.63) is 35.4 Å². The molecule has 0 aromatic heterocycles. The molecule has 2 N–H and O–H groups in total. The highest BCUT2D eigenvalue weighted by Crippen LogP contribution is 2.23. The number of hydrogen-bond acceptors (Lipinski definition) is 1. The zero-order valence-corrected chi connectivity index (χ0v) is 9.89. The lowest BCUT2D eigenvalue weighted by molar-refractivity contribution is 0.722. The van der Waals surface area contributed by atoms with Crippen LogP contribution in [0.5, 0.6) is 0 Å². The number of aliphatic imine (C=N–C) groups is 1. The van der Waals surface area contributed by atoms with Gasteiger partial charge in [-0.25, -0.2) is 0 Å². The van der Waals surface area contributed by atoms with Crippen LogP contribution in [0.15, 0.2) is 29.3 Å². The van der Waals surface area contributed by atoms with E-state index in [1.54, 1.807) is 0 Å². The molecule has 15 heavy (non-hydrogen) atoms. The van der Waals surface area contributed by atoms with E-state index in [9.17, 15) is 0 Å². The number of rotatable bonds is 2. The quantitative estimate of drug-likeness (QED) is 0.484. The van der Waals surface area contributed by atoms with E-state index < -0.39 is 0 Å². The molecule has 0 saturated carbocycles. The number of alkyl halides is 1. The molecule has 0 radical (unpaired) electrons. The monoisotopic (exact) mass is 244 g/mol. The van der Waals surface area contributed by atoms with Gasteiger partial charge >= 0.3 is 0 Å². The second kappa shape index (κ2) is 5.38. The Morgan fingerprint density at radius 1 is 1.33 bits per heavy atom. The van der Waals surface area contributed by atoms with Gasteiger partial charge in [0.25, 0.3) is 0 Å². The Labute approximate surface area is 101 Å². The smallest absolute Gasteiger partial charge is 0.109 e. The Kier molecular flexibility index (Phi) is 4.43. The van der Waals surface area contributed by atoms with Crippen molar-refractivity contribution in [1.82, 2.24) is 0 Å². The molecule has 0 unspecified atom stereocenters. The maximum absolute atomic E-state index is 5.61. The zero-order valence-electron chi connectivity index (χ0n) is 8.32. The summed E-state index contributed by atoms with van der Waals surface area (Å²) in [7, 11) is 0. The third-order valence-electron chi connectivity index (χ3n) is 2.51. The second-order valence-electron chi connectivity index (χ2n) is 3.58. The lowest BCUT2D eigenvalue weighted by Crippen LogP contribution is -2.18. The fraction of sp³-hybridized carbons (Fsp3) is 0.364. The molecule has 82 valence electrons. The molecule has 0 bridgehead atoms. The maximum atomic E-state index is 5.61. The van der Waals surface area contributed by atoms with Gasteiger partial charge < -0.3 is 5.73 Å². The van der Waals surface area contributed by atoms with Crippen molar-refractivity contribution in [1.29, 1.82) is 0 Å². The molecule has 0 saturated heterocycles. The molecule has 0 spiro atoms. The van der Waals surface area contributed by atoms with Crippen LogP contribution < -0.4 is 5.73 Å². The summed E-state index contributed by atoms with van der Waals surface area (Å²) in [5.74, 6) is 0.872. The number of hydrogen-bond donors (Lipinski definition) is 1. The van der Waals surface area contributed by atoms with E-state index in [2.05, 4.69) is 29.3 Å². The Morgan fingerprint density at radius 2 is 1.87 bits per heavy atom. The molecular weight excluding hydrogens is 231 g/mol. The van der Waals surface area contributed by atoms with Gasteiger partial charge in [-0.2, -0.15) is 0 Å². The van der Waals surface area contributed by atoms with Gasteiger partial charge in [-0.3, -0.25) is 4.99 Å². The molecule has 2 nitrogen and oxygen atoms in total. The topological polar surface area (TPSA) is 38.4 Å². The lowest BCUT2D eigenvalue weighted by Gasteiger charge is -2.02. The predicted molar refractivity (Wildman–Crippen MR) is 67.2 cm³/mol. The average molecular weight is 245 g/mol. The molecule has 1 aliphatic carbocycles. The van der Waals surface area contributed by atoms with Crippen LogP contribution in [-0.2, 0) is 12.8 Å². The van der Waals surface area contributed by atoms with E-state index in [4.69, 9.17) is 17.3 Å². The van der Waals surface area contributed by atoms with Crippen molar-refractivity contribution in [2.75, 3.05) is 5.88 Å². The standard InChI is InChI=1S/C11H13ClN2.ClH/c12-7-11(13)14-10-5-8-3-1-2-4-9(8)6-10;/h1-4,10H,5-7H2,(H2,13,14);1H. The molecule has 1 aliphatic rings. The van der Waals surface area contributed by atoms with Crippen molar-refractivity contribution in [3.63, 3.8) is 0 Å². The number of halogens is 2. The number of benzene rings is 1. The zero-order chi connectivity index (χ0) is 9.97. The highest BCUT2D eigenvalue weighted by Gasteiger charge is 2.19. The summed E-state index contributed by atoms with van der Waals surface area (Å²) in [6.45, 7) is 0. The third-order valence-corrected chi connectivity index (χ3v) is 2.79. The fourth-order valence-electron chi connectivity index (χ4n) is 1.90. The van der Waals surface area contributed by atoms with Gasteiger partial charge in [-0.05, 0) is 24.0 Å². The summed E-state index contributed by atoms with van der Waals surface area (Å²) in [6.07, 6.45) is 1.99. The van der Waals surface area contributed by atoms with E-state index in [1.807, 2.05) is 0 Å². The summed E-state index contributed by atoms with van der Waals surface area (Å²) in [5, 5.41) is 0. The number of nitrogens with zero attached hydrogens (tertiary/aromatic N) is 1. The summed E-state index contributed by atoms with van der Waals surface area (Å²) >= 11 is 5.59. The molecule has 0 amide bonds. The fourth-order valence-corrected chi connectivity index (χ4v) is 1.96. The number of fused-ring (bicyclic) bond motifs is 1. The first-order valence-corrected chi connectivity index (χ1v) is 5.28. The Morgan fingerprint density at radius 3 is 2.33 bits per heavy atom. The number of amidine groups is 1. The lowest BCUT2D eigenvalue weighted by atomic mass is 10.1. The third kappa shape index (κ3) is 2.86. The van der Waals surface area contributed by atoms with Gasteiger partial charge in [-0.15, -0.1) is 24.0 Å². The molecule has 1 aromatic rings. The minimum atomic E-state index is 0. The van der Waals surface area contributed by atoms with Crippen LogP contribution in [0.4, 0.5) is 0 Å². The summed E-state index contributed by atoms with van der Waals surface area (Å²) < 4.78 is 0. The summed E-state index contributed by atoms with van der Waals surface area (Å²) in [6, 6.07) is 8.74. The van der Waals surface area contributed by atoms with Crippen LogP contribution in [0.2, 0.25) is 0 Å². The molecule has 0 aliphatic heterocycles. The van der Waals surface area contributed by atoms with Crippen molar-refractivity contribution in [3.8, 4) is 0 Å². The van der Waals surface area contributed by atoms with Gasteiger partial charge in [0.1, 0.15) is 5.84 Å². The second-order valence-corrected chi connectivity index (χ2v) is 3.85. The van der Waals surface area contributed by atoms with E-state index in [-0.39, 0.29) is 12.4 Å². The largest absolute Gasteiger partial charge is 0.386 e. The van der Waals surface area contributed by atoms with Crippen molar-refractivity contribution >= 4 is 29.8 Å². The minimum Gasteiger partial charge on any atom is -0.386 e. The SMILES string of the molecule is Cl.NC(CCl)=NC1Cc2ccccc2C1. The molecule has 4 heteroatoms. The van der Waals surface area contributed by atoms with Crippen molar-refractivity contribution in [2.24, 2.45) is 10.7 Å². The molecule has 0 atom stereocenters. The van der Waals surface area contributed by atoms with Crippen LogP contribution >= 0.6 is 24.0 Å². The van der Waals surface area contributed by atoms with E-state index in [0.29, 0.717) is 17.8 Å². The average Bonchev–Trinajstić information content (AvgIpc) is 2.59. The normalized spacial score (nSPS) is 15.9. The summed E-state index contributed by atoms with van der Waals surface area (Å²) in [4.78, 5) is 4.37. The molecule has 0 heterocycles. The first-order valence-electron chi connectivity index (χ1n) is 4.74.